The molecule has 2 aromatic heterocycles. The summed E-state index contributed by atoms with van der Waals surface area (Å²) in [5.41, 5.74) is 3.46. The highest BCUT2D eigenvalue weighted by atomic mass is 35.5. The van der Waals surface area contributed by atoms with Gasteiger partial charge in [0, 0.05) is 34.4 Å². The molecular weight excluding hydrogens is 400 g/mol. The van der Waals surface area contributed by atoms with Crippen LogP contribution in [-0.2, 0) is 24.8 Å². The van der Waals surface area contributed by atoms with Gasteiger partial charge in [-0.2, -0.15) is 0 Å². The van der Waals surface area contributed by atoms with Crippen molar-refractivity contribution in [1.29, 1.82) is 0 Å². The predicted molar refractivity (Wildman–Crippen MR) is 112 cm³/mol. The second-order valence-corrected chi connectivity index (χ2v) is 8.56. The number of aromatic nitrogens is 3. The molecule has 0 spiro atoms. The standard InChI is InChI=1S/C19H21ClN4OS2/c1-4-15-12(2)26-10-16(15)18-22-23-19(24(18)3)27-11-17(25)21-9-13-5-7-14(20)8-6-13/h5-8,10H,4,9,11H2,1-3H3,(H,21,25). The summed E-state index contributed by atoms with van der Waals surface area (Å²) >= 11 is 8.99. The van der Waals surface area contributed by atoms with E-state index in [9.17, 15) is 4.79 Å². The van der Waals surface area contributed by atoms with Crippen LogP contribution in [0.4, 0.5) is 0 Å². The number of carbonyl (C=O) groups is 1. The first-order chi connectivity index (χ1) is 13.0. The molecule has 3 aromatic rings. The first kappa shape index (κ1) is 19.9. The van der Waals surface area contributed by atoms with Crippen LogP contribution < -0.4 is 5.32 Å². The molecule has 0 aliphatic carbocycles. The molecule has 0 aliphatic rings. The average Bonchev–Trinajstić information content (AvgIpc) is 3.21. The topological polar surface area (TPSA) is 59.8 Å². The lowest BCUT2D eigenvalue weighted by atomic mass is 10.1. The van der Waals surface area contributed by atoms with E-state index in [2.05, 4.69) is 34.7 Å². The van der Waals surface area contributed by atoms with Gasteiger partial charge in [0.05, 0.1) is 5.75 Å². The zero-order chi connectivity index (χ0) is 19.4. The fraction of sp³-hybridized carbons (Fsp3) is 0.316. The van der Waals surface area contributed by atoms with Gasteiger partial charge in [0.2, 0.25) is 5.91 Å². The largest absolute Gasteiger partial charge is 0.351 e. The Morgan fingerprint density at radius 3 is 2.74 bits per heavy atom. The van der Waals surface area contributed by atoms with Gasteiger partial charge in [-0.3, -0.25) is 4.79 Å². The van der Waals surface area contributed by atoms with Gasteiger partial charge in [0.15, 0.2) is 11.0 Å². The Bertz CT molecular complexity index is 934. The number of halogens is 1. The number of nitrogens with one attached hydrogen (secondary N) is 1. The molecule has 0 bridgehead atoms. The Balaban J connectivity index is 1.59. The smallest absolute Gasteiger partial charge is 0.230 e. The van der Waals surface area contributed by atoms with E-state index in [1.165, 1.54) is 22.2 Å². The number of benzene rings is 1. The van der Waals surface area contributed by atoms with Crippen LogP contribution in [-0.4, -0.2) is 26.4 Å². The minimum atomic E-state index is -0.0416. The molecule has 3 rings (SSSR count). The van der Waals surface area contributed by atoms with Gasteiger partial charge in [-0.15, -0.1) is 21.5 Å². The summed E-state index contributed by atoms with van der Waals surface area (Å²) in [4.78, 5) is 13.4. The van der Waals surface area contributed by atoms with E-state index in [0.717, 1.165) is 28.5 Å². The molecule has 0 unspecified atom stereocenters. The van der Waals surface area contributed by atoms with Crippen LogP contribution in [0, 0.1) is 6.92 Å². The third-order valence-corrected chi connectivity index (χ3v) is 6.49. The van der Waals surface area contributed by atoms with Crippen LogP contribution in [0.15, 0.2) is 34.8 Å². The molecule has 0 radical (unpaired) electrons. The monoisotopic (exact) mass is 420 g/mol. The van der Waals surface area contributed by atoms with Gasteiger partial charge in [-0.1, -0.05) is 42.4 Å². The molecule has 8 heteroatoms. The molecular formula is C19H21ClN4OS2. The van der Waals surface area contributed by atoms with Gasteiger partial charge in [0.25, 0.3) is 0 Å². The van der Waals surface area contributed by atoms with E-state index in [-0.39, 0.29) is 5.91 Å². The maximum atomic E-state index is 12.1. The Morgan fingerprint density at radius 1 is 1.30 bits per heavy atom. The fourth-order valence-corrected chi connectivity index (χ4v) is 4.57. The van der Waals surface area contributed by atoms with Crippen molar-refractivity contribution in [3.8, 4) is 11.4 Å². The maximum Gasteiger partial charge on any atom is 0.230 e. The van der Waals surface area contributed by atoms with E-state index in [4.69, 9.17) is 11.6 Å². The van der Waals surface area contributed by atoms with Crippen molar-refractivity contribution in [3.63, 3.8) is 0 Å². The molecule has 2 heterocycles. The number of thioether (sulfide) groups is 1. The minimum absolute atomic E-state index is 0.0416. The lowest BCUT2D eigenvalue weighted by Gasteiger charge is -2.06. The van der Waals surface area contributed by atoms with Crippen molar-refractivity contribution in [3.05, 3.63) is 50.7 Å². The van der Waals surface area contributed by atoms with Crippen LogP contribution >= 0.6 is 34.7 Å². The number of hydrogen-bond acceptors (Lipinski definition) is 5. The number of thiophene rings is 1. The lowest BCUT2D eigenvalue weighted by molar-refractivity contribution is -0.118. The summed E-state index contributed by atoms with van der Waals surface area (Å²) in [6.07, 6.45) is 0.965. The summed E-state index contributed by atoms with van der Waals surface area (Å²) in [5.74, 6) is 1.10. The fourth-order valence-electron chi connectivity index (χ4n) is 2.77. The molecule has 0 fully saturated rings. The van der Waals surface area contributed by atoms with Gasteiger partial charge in [0.1, 0.15) is 0 Å². The van der Waals surface area contributed by atoms with Crippen molar-refractivity contribution < 1.29 is 4.79 Å². The Hall–Kier alpha value is -1.83. The predicted octanol–water partition coefficient (Wildman–Crippen LogP) is 4.48. The number of rotatable bonds is 7. The molecule has 0 saturated carbocycles. The molecule has 0 aliphatic heterocycles. The zero-order valence-corrected chi connectivity index (χ0v) is 17.8. The number of nitrogens with zero attached hydrogens (tertiary/aromatic N) is 3. The van der Waals surface area contributed by atoms with Crippen molar-refractivity contribution in [2.75, 3.05) is 5.75 Å². The molecule has 142 valence electrons. The van der Waals surface area contributed by atoms with Crippen molar-refractivity contribution in [1.82, 2.24) is 20.1 Å². The van der Waals surface area contributed by atoms with Crippen molar-refractivity contribution in [2.45, 2.75) is 32.0 Å². The van der Waals surface area contributed by atoms with Crippen molar-refractivity contribution >= 4 is 40.6 Å². The highest BCUT2D eigenvalue weighted by Gasteiger charge is 2.17. The Kier molecular flexibility index (Phi) is 6.57. The summed E-state index contributed by atoms with van der Waals surface area (Å²) in [5, 5.41) is 15.1. The minimum Gasteiger partial charge on any atom is -0.351 e. The van der Waals surface area contributed by atoms with Gasteiger partial charge in [-0.05, 0) is 36.6 Å². The van der Waals surface area contributed by atoms with Gasteiger partial charge in [-0.25, -0.2) is 0 Å². The quantitative estimate of drug-likeness (QED) is 0.572. The lowest BCUT2D eigenvalue weighted by Crippen LogP contribution is -2.24. The van der Waals surface area contributed by atoms with Crippen LogP contribution in [0.2, 0.25) is 5.02 Å². The average molecular weight is 421 g/mol. The Morgan fingerprint density at radius 2 is 2.04 bits per heavy atom. The zero-order valence-electron chi connectivity index (χ0n) is 15.5. The highest BCUT2D eigenvalue weighted by molar-refractivity contribution is 7.99. The maximum absolute atomic E-state index is 12.1. The molecule has 0 atom stereocenters. The van der Waals surface area contributed by atoms with Crippen LogP contribution in [0.3, 0.4) is 0 Å². The second-order valence-electron chi connectivity index (χ2n) is 6.09. The van der Waals surface area contributed by atoms with Gasteiger partial charge >= 0.3 is 0 Å². The van der Waals surface area contributed by atoms with Crippen molar-refractivity contribution in [2.24, 2.45) is 7.05 Å². The SMILES string of the molecule is CCc1c(-c2nnc(SCC(=O)NCc3ccc(Cl)cc3)n2C)csc1C. The number of aryl methyl sites for hydroxylation is 1. The number of amides is 1. The summed E-state index contributed by atoms with van der Waals surface area (Å²) in [7, 11) is 1.94. The third-order valence-electron chi connectivity index (χ3n) is 4.27. The van der Waals surface area contributed by atoms with Crippen LogP contribution in [0.1, 0.15) is 22.9 Å². The normalized spacial score (nSPS) is 11.0. The van der Waals surface area contributed by atoms with E-state index < -0.39 is 0 Å². The number of hydrogen-bond donors (Lipinski definition) is 1. The Labute approximate surface area is 172 Å². The summed E-state index contributed by atoms with van der Waals surface area (Å²) in [6, 6.07) is 7.43. The first-order valence-electron chi connectivity index (χ1n) is 8.60. The summed E-state index contributed by atoms with van der Waals surface area (Å²) < 4.78 is 1.96. The van der Waals surface area contributed by atoms with Gasteiger partial charge < -0.3 is 9.88 Å². The number of carbonyl (C=O) groups excluding carboxylic acids is 1. The highest BCUT2D eigenvalue weighted by Crippen LogP contribution is 2.31. The van der Waals surface area contributed by atoms with E-state index in [1.807, 2.05) is 35.9 Å². The van der Waals surface area contributed by atoms with Crippen LogP contribution in [0.25, 0.3) is 11.4 Å². The molecule has 1 amide bonds. The summed E-state index contributed by atoms with van der Waals surface area (Å²) in [6.45, 7) is 4.76. The third kappa shape index (κ3) is 4.72. The van der Waals surface area contributed by atoms with E-state index in [0.29, 0.717) is 17.3 Å². The van der Waals surface area contributed by atoms with E-state index >= 15 is 0 Å². The van der Waals surface area contributed by atoms with Crippen LogP contribution in [0.5, 0.6) is 0 Å². The molecule has 1 N–H and O–H groups in total. The molecule has 5 nitrogen and oxygen atoms in total. The first-order valence-corrected chi connectivity index (χ1v) is 10.8. The van der Waals surface area contributed by atoms with E-state index in [1.54, 1.807) is 11.3 Å². The molecule has 27 heavy (non-hydrogen) atoms. The second kappa shape index (κ2) is 8.91. The molecule has 0 saturated heterocycles. The molecule has 1 aromatic carbocycles.